The molecule has 1 atom stereocenters. The number of methoxy groups -OCH3 is 1. The van der Waals surface area contributed by atoms with E-state index in [2.05, 4.69) is 21.3 Å². The summed E-state index contributed by atoms with van der Waals surface area (Å²) in [6.45, 7) is 4.31. The van der Waals surface area contributed by atoms with Crippen LogP contribution in [0.5, 0.6) is 5.75 Å². The van der Waals surface area contributed by atoms with Crippen molar-refractivity contribution in [3.63, 3.8) is 0 Å². The van der Waals surface area contributed by atoms with Gasteiger partial charge < -0.3 is 9.64 Å². The van der Waals surface area contributed by atoms with Crippen molar-refractivity contribution in [2.24, 2.45) is 0 Å². The first-order valence-corrected chi connectivity index (χ1v) is 10.2. The van der Waals surface area contributed by atoms with Crippen LogP contribution in [0.25, 0.3) is 5.69 Å². The van der Waals surface area contributed by atoms with E-state index >= 15 is 0 Å². The fraction of sp³-hybridized carbons (Fsp3) is 0.304. The molecule has 1 unspecified atom stereocenters. The third-order valence-electron chi connectivity index (χ3n) is 5.53. The van der Waals surface area contributed by atoms with Gasteiger partial charge >= 0.3 is 0 Å². The van der Waals surface area contributed by atoms with Gasteiger partial charge in [0.2, 0.25) is 0 Å². The Balaban J connectivity index is 1.39. The van der Waals surface area contributed by atoms with Crippen LogP contribution in [-0.4, -0.2) is 64.0 Å². The predicted octanol–water partition coefficient (Wildman–Crippen LogP) is 2.61. The highest BCUT2D eigenvalue weighted by atomic mass is 16.5. The molecule has 3 aromatic rings. The fourth-order valence-electron chi connectivity index (χ4n) is 3.68. The van der Waals surface area contributed by atoms with E-state index in [-0.39, 0.29) is 11.9 Å². The minimum atomic E-state index is -0.356. The Hall–Kier alpha value is -3.70. The molecule has 1 aliphatic heterocycles. The van der Waals surface area contributed by atoms with Crippen LogP contribution in [0.2, 0.25) is 0 Å². The lowest BCUT2D eigenvalue weighted by molar-refractivity contribution is 0.0600. The van der Waals surface area contributed by atoms with Crippen LogP contribution < -0.4 is 4.74 Å². The number of ether oxygens (including phenoxy) is 1. The third kappa shape index (κ3) is 4.42. The number of hydrogen-bond acceptors (Lipinski definition) is 6. The topological polar surface area (TPSA) is 87.3 Å². The summed E-state index contributed by atoms with van der Waals surface area (Å²) in [5.41, 5.74) is 3.26. The maximum Gasteiger partial charge on any atom is 0.276 e. The summed E-state index contributed by atoms with van der Waals surface area (Å²) < 4.78 is 6.80. The highest BCUT2D eigenvalue weighted by Gasteiger charge is 2.28. The van der Waals surface area contributed by atoms with Crippen LogP contribution >= 0.6 is 0 Å². The zero-order valence-corrected chi connectivity index (χ0v) is 17.6. The smallest absolute Gasteiger partial charge is 0.276 e. The number of nitrogens with zero attached hydrogens (tertiary/aromatic N) is 6. The molecule has 0 N–H and O–H groups in total. The van der Waals surface area contributed by atoms with Crippen molar-refractivity contribution in [3.8, 4) is 17.5 Å². The Morgan fingerprint density at radius 1 is 1.06 bits per heavy atom. The van der Waals surface area contributed by atoms with Crippen LogP contribution in [0.1, 0.15) is 27.7 Å². The second-order valence-electron chi connectivity index (χ2n) is 7.52. The summed E-state index contributed by atoms with van der Waals surface area (Å²) in [6.07, 6.45) is 1.66. The predicted molar refractivity (Wildman–Crippen MR) is 115 cm³/mol. The maximum atomic E-state index is 12.9. The van der Waals surface area contributed by atoms with Gasteiger partial charge in [-0.25, -0.2) is 4.68 Å². The molecule has 1 fully saturated rings. The van der Waals surface area contributed by atoms with E-state index in [0.29, 0.717) is 31.9 Å². The van der Waals surface area contributed by atoms with Crippen LogP contribution in [-0.2, 0) is 0 Å². The van der Waals surface area contributed by atoms with Gasteiger partial charge in [-0.2, -0.15) is 5.26 Å². The molecule has 0 radical (unpaired) electrons. The molecule has 0 bridgehead atoms. The number of piperazine rings is 1. The number of benzene rings is 2. The minimum absolute atomic E-state index is 0.143. The van der Waals surface area contributed by atoms with Crippen molar-refractivity contribution in [2.45, 2.75) is 13.0 Å². The number of amides is 1. The number of rotatable bonds is 5. The van der Waals surface area contributed by atoms with Crippen LogP contribution in [0.3, 0.4) is 0 Å². The average molecular weight is 416 g/mol. The lowest BCUT2D eigenvalue weighted by Crippen LogP contribution is -2.49. The van der Waals surface area contributed by atoms with Gasteiger partial charge in [0.1, 0.15) is 11.8 Å². The van der Waals surface area contributed by atoms with E-state index in [1.807, 2.05) is 55.5 Å². The van der Waals surface area contributed by atoms with E-state index in [0.717, 1.165) is 22.6 Å². The Bertz CT molecular complexity index is 1080. The molecule has 0 aliphatic carbocycles. The maximum absolute atomic E-state index is 12.9. The molecule has 4 rings (SSSR count). The molecular weight excluding hydrogens is 392 g/mol. The van der Waals surface area contributed by atoms with Crippen LogP contribution in [0, 0.1) is 18.3 Å². The van der Waals surface area contributed by atoms with Crippen molar-refractivity contribution in [1.82, 2.24) is 24.8 Å². The van der Waals surface area contributed by atoms with Crippen LogP contribution in [0.4, 0.5) is 0 Å². The molecular formula is C23H24N6O2. The standard InChI is InChI=1S/C23H24N6O2/c1-17-3-7-19(8-4-17)29-16-21(25-26-29)23(30)28-13-11-27(12-14-28)22(15-24)18-5-9-20(31-2)10-6-18/h3-10,16,22H,11-14H2,1-2H3. The van der Waals surface area contributed by atoms with Gasteiger partial charge in [-0.15, -0.1) is 5.10 Å². The van der Waals surface area contributed by atoms with Gasteiger partial charge in [-0.3, -0.25) is 9.69 Å². The summed E-state index contributed by atoms with van der Waals surface area (Å²) in [5.74, 6) is 0.616. The quantitative estimate of drug-likeness (QED) is 0.635. The summed E-state index contributed by atoms with van der Waals surface area (Å²) >= 11 is 0. The Labute approximate surface area is 181 Å². The van der Waals surface area contributed by atoms with Gasteiger partial charge in [0.05, 0.1) is 25.1 Å². The SMILES string of the molecule is COc1ccc(C(C#N)N2CCN(C(=O)c3cn(-c4ccc(C)cc4)nn3)CC2)cc1. The first-order valence-electron chi connectivity index (χ1n) is 10.2. The fourth-order valence-corrected chi connectivity index (χ4v) is 3.68. The number of aromatic nitrogens is 3. The zero-order valence-electron chi connectivity index (χ0n) is 17.6. The summed E-state index contributed by atoms with van der Waals surface area (Å²) in [4.78, 5) is 16.8. The summed E-state index contributed by atoms with van der Waals surface area (Å²) in [6, 6.07) is 17.4. The molecule has 8 nitrogen and oxygen atoms in total. The summed E-state index contributed by atoms with van der Waals surface area (Å²) in [5, 5.41) is 17.9. The molecule has 0 saturated carbocycles. The number of hydrogen-bond donors (Lipinski definition) is 0. The second-order valence-corrected chi connectivity index (χ2v) is 7.52. The minimum Gasteiger partial charge on any atom is -0.497 e. The Morgan fingerprint density at radius 3 is 2.35 bits per heavy atom. The van der Waals surface area contributed by atoms with Crippen molar-refractivity contribution < 1.29 is 9.53 Å². The molecule has 2 heterocycles. The van der Waals surface area contributed by atoms with E-state index < -0.39 is 0 Å². The average Bonchev–Trinajstić information content (AvgIpc) is 3.31. The molecule has 0 spiro atoms. The molecule has 2 aromatic carbocycles. The number of carbonyl (C=O) groups is 1. The number of nitriles is 1. The van der Waals surface area contributed by atoms with E-state index in [9.17, 15) is 10.1 Å². The van der Waals surface area contributed by atoms with Crippen molar-refractivity contribution in [3.05, 3.63) is 71.5 Å². The zero-order chi connectivity index (χ0) is 21.8. The van der Waals surface area contributed by atoms with Crippen molar-refractivity contribution in [1.29, 1.82) is 5.26 Å². The molecule has 31 heavy (non-hydrogen) atoms. The van der Waals surface area contributed by atoms with Gasteiger partial charge in [0, 0.05) is 26.2 Å². The van der Waals surface area contributed by atoms with Crippen molar-refractivity contribution >= 4 is 5.91 Å². The van der Waals surface area contributed by atoms with Gasteiger partial charge in [0.15, 0.2) is 5.69 Å². The molecule has 1 aliphatic rings. The lowest BCUT2D eigenvalue weighted by Gasteiger charge is -2.36. The van der Waals surface area contributed by atoms with E-state index in [4.69, 9.17) is 4.74 Å². The third-order valence-corrected chi connectivity index (χ3v) is 5.53. The highest BCUT2D eigenvalue weighted by molar-refractivity contribution is 5.92. The number of carbonyl (C=O) groups excluding carboxylic acids is 1. The van der Waals surface area contributed by atoms with Gasteiger partial charge in [0.25, 0.3) is 5.91 Å². The molecule has 158 valence electrons. The van der Waals surface area contributed by atoms with Crippen molar-refractivity contribution in [2.75, 3.05) is 33.3 Å². The van der Waals surface area contributed by atoms with Gasteiger partial charge in [-0.05, 0) is 36.8 Å². The first kappa shape index (κ1) is 20.6. The van der Waals surface area contributed by atoms with E-state index in [1.54, 1.807) is 22.9 Å². The molecule has 8 heteroatoms. The molecule has 1 amide bonds. The monoisotopic (exact) mass is 416 g/mol. The first-order chi connectivity index (χ1) is 15.1. The summed E-state index contributed by atoms with van der Waals surface area (Å²) in [7, 11) is 1.62. The van der Waals surface area contributed by atoms with Crippen LogP contribution in [0.15, 0.2) is 54.7 Å². The highest BCUT2D eigenvalue weighted by Crippen LogP contribution is 2.24. The number of aryl methyl sites for hydroxylation is 1. The van der Waals surface area contributed by atoms with E-state index in [1.165, 1.54) is 0 Å². The second kappa shape index (κ2) is 8.98. The molecule has 1 aromatic heterocycles. The lowest BCUT2D eigenvalue weighted by atomic mass is 10.1. The Kier molecular flexibility index (Phi) is 5.96. The largest absolute Gasteiger partial charge is 0.497 e. The Morgan fingerprint density at radius 2 is 1.74 bits per heavy atom. The van der Waals surface area contributed by atoms with Gasteiger partial charge in [-0.1, -0.05) is 35.0 Å². The molecule has 1 saturated heterocycles. The normalized spacial score (nSPS) is 15.3.